The molecule has 0 fully saturated rings. The predicted molar refractivity (Wildman–Crippen MR) is 98.3 cm³/mol. The van der Waals surface area contributed by atoms with Gasteiger partial charge in [0.05, 0.1) is 11.0 Å². The van der Waals surface area contributed by atoms with E-state index in [1.165, 1.54) is 0 Å². The molecule has 0 heterocycles. The molecule has 6 heteroatoms. The number of sulfonamides is 1. The predicted octanol–water partition coefficient (Wildman–Crippen LogP) is 3.57. The van der Waals surface area contributed by atoms with Crippen LogP contribution in [0.4, 0.5) is 0 Å². The van der Waals surface area contributed by atoms with Crippen molar-refractivity contribution in [1.29, 1.82) is 0 Å². The second kappa shape index (κ2) is 7.92. The summed E-state index contributed by atoms with van der Waals surface area (Å²) in [6.45, 7) is 11.0. The first-order chi connectivity index (χ1) is 10.5. The molecule has 1 aromatic rings. The molecule has 0 unspecified atom stereocenters. The van der Waals surface area contributed by atoms with Gasteiger partial charge in [-0.2, -0.15) is 0 Å². The molecule has 0 saturated carbocycles. The average molecular weight is 404 g/mol. The van der Waals surface area contributed by atoms with Crippen molar-refractivity contribution in [2.45, 2.75) is 58.6 Å². The average Bonchev–Trinajstić information content (AvgIpc) is 2.35. The smallest absolute Gasteiger partial charge is 0.241 e. The van der Waals surface area contributed by atoms with Crippen LogP contribution in [0, 0.1) is 26.7 Å². The van der Waals surface area contributed by atoms with Crippen LogP contribution < -0.4 is 4.72 Å². The van der Waals surface area contributed by atoms with E-state index in [1.807, 2.05) is 32.9 Å². The molecule has 23 heavy (non-hydrogen) atoms. The zero-order chi connectivity index (χ0) is 17.9. The van der Waals surface area contributed by atoms with Gasteiger partial charge in [-0.1, -0.05) is 53.5 Å². The van der Waals surface area contributed by atoms with E-state index < -0.39 is 22.2 Å². The van der Waals surface area contributed by atoms with Crippen molar-refractivity contribution in [2.24, 2.45) is 5.92 Å². The summed E-state index contributed by atoms with van der Waals surface area (Å²) in [6.07, 6.45) is 1.04. The molecule has 0 bridgehead atoms. The summed E-state index contributed by atoms with van der Waals surface area (Å²) in [6, 6.07) is 3.32. The first-order valence-electron chi connectivity index (χ1n) is 7.61. The van der Waals surface area contributed by atoms with Gasteiger partial charge in [-0.25, -0.2) is 13.1 Å². The maximum absolute atomic E-state index is 12.8. The highest BCUT2D eigenvalue weighted by atomic mass is 79.9. The number of hydrogen-bond acceptors (Lipinski definition) is 3. The van der Waals surface area contributed by atoms with Gasteiger partial charge in [0.2, 0.25) is 10.0 Å². The lowest BCUT2D eigenvalue weighted by molar-refractivity contribution is 0.240. The quantitative estimate of drug-likeness (QED) is 0.762. The third kappa shape index (κ3) is 5.41. The van der Waals surface area contributed by atoms with E-state index in [1.54, 1.807) is 26.8 Å². The van der Waals surface area contributed by atoms with Gasteiger partial charge in [0.25, 0.3) is 0 Å². The number of rotatable bonds is 6. The number of benzene rings is 1. The number of nitrogens with one attached hydrogen (secondary N) is 1. The molecule has 0 amide bonds. The SMILES string of the molecule is Cc1cc(C)c(S(=O)(=O)N[C@H](/C=C(\Br)[C@@H](C)O)C(C)C)c(C)c1. The Bertz CT molecular complexity index is 671. The molecular formula is C17H26BrNO3S. The summed E-state index contributed by atoms with van der Waals surface area (Å²) in [5.74, 6) is 0.0436. The normalized spacial score (nSPS) is 15.8. The molecule has 1 aromatic carbocycles. The Morgan fingerprint density at radius 2 is 1.65 bits per heavy atom. The van der Waals surface area contributed by atoms with E-state index in [0.717, 1.165) is 16.7 Å². The number of aryl methyl sites for hydroxylation is 3. The molecule has 0 aliphatic carbocycles. The molecule has 2 atom stereocenters. The van der Waals surface area contributed by atoms with Gasteiger partial charge in [0.1, 0.15) is 0 Å². The Morgan fingerprint density at radius 3 is 2.04 bits per heavy atom. The zero-order valence-corrected chi connectivity index (χ0v) is 16.9. The summed E-state index contributed by atoms with van der Waals surface area (Å²) in [5, 5.41) is 9.59. The second-order valence-electron chi connectivity index (χ2n) is 6.35. The van der Waals surface area contributed by atoms with Crippen LogP contribution in [0.3, 0.4) is 0 Å². The second-order valence-corrected chi connectivity index (χ2v) is 8.91. The molecule has 1 rings (SSSR count). The molecule has 0 aromatic heterocycles. The van der Waals surface area contributed by atoms with Gasteiger partial charge in [-0.3, -0.25) is 0 Å². The minimum Gasteiger partial charge on any atom is -0.388 e. The Hall–Kier alpha value is -0.690. The highest BCUT2D eigenvalue weighted by Crippen LogP contribution is 2.23. The number of aliphatic hydroxyl groups is 1. The van der Waals surface area contributed by atoms with Gasteiger partial charge < -0.3 is 5.11 Å². The van der Waals surface area contributed by atoms with Crippen molar-refractivity contribution < 1.29 is 13.5 Å². The van der Waals surface area contributed by atoms with Crippen molar-refractivity contribution in [2.75, 3.05) is 0 Å². The first kappa shape index (κ1) is 20.4. The van der Waals surface area contributed by atoms with Crippen molar-refractivity contribution in [3.05, 3.63) is 39.4 Å². The molecular weight excluding hydrogens is 378 g/mol. The van der Waals surface area contributed by atoms with E-state index >= 15 is 0 Å². The first-order valence-corrected chi connectivity index (χ1v) is 9.88. The van der Waals surface area contributed by atoms with Crippen molar-refractivity contribution in [3.63, 3.8) is 0 Å². The Kier molecular flexibility index (Phi) is 7.01. The van der Waals surface area contributed by atoms with Crippen LogP contribution in [-0.4, -0.2) is 25.7 Å². The summed E-state index contributed by atoms with van der Waals surface area (Å²) in [7, 11) is -3.65. The molecule has 2 N–H and O–H groups in total. The van der Waals surface area contributed by atoms with Crippen LogP contribution in [0.1, 0.15) is 37.5 Å². The summed E-state index contributed by atoms with van der Waals surface area (Å²) >= 11 is 3.29. The highest BCUT2D eigenvalue weighted by molar-refractivity contribution is 9.11. The summed E-state index contributed by atoms with van der Waals surface area (Å²) in [5.41, 5.74) is 2.50. The molecule has 0 saturated heterocycles. The van der Waals surface area contributed by atoms with Gasteiger partial charge in [-0.05, 0) is 44.7 Å². The van der Waals surface area contributed by atoms with Crippen LogP contribution in [0.5, 0.6) is 0 Å². The summed E-state index contributed by atoms with van der Waals surface area (Å²) in [4.78, 5) is 0.329. The minimum atomic E-state index is -3.65. The van der Waals surface area contributed by atoms with Gasteiger partial charge >= 0.3 is 0 Å². The van der Waals surface area contributed by atoms with Crippen molar-refractivity contribution >= 4 is 26.0 Å². The lowest BCUT2D eigenvalue weighted by atomic mass is 10.0. The third-order valence-corrected chi connectivity index (χ3v) is 6.31. The molecule has 4 nitrogen and oxygen atoms in total. The lowest BCUT2D eigenvalue weighted by Crippen LogP contribution is -2.38. The Labute approximate surface area is 148 Å². The summed E-state index contributed by atoms with van der Waals surface area (Å²) < 4.78 is 29.0. The standard InChI is InChI=1S/C17H26BrNO3S/c1-10(2)16(9-15(18)14(6)20)19-23(21,22)17-12(4)7-11(3)8-13(17)5/h7-10,14,16,19-20H,1-6H3/b15-9-/t14-,16-/m1/s1. The van der Waals surface area contributed by atoms with E-state index in [-0.39, 0.29) is 5.92 Å². The largest absolute Gasteiger partial charge is 0.388 e. The van der Waals surface area contributed by atoms with E-state index in [4.69, 9.17) is 0 Å². The lowest BCUT2D eigenvalue weighted by Gasteiger charge is -2.22. The maximum atomic E-state index is 12.8. The van der Waals surface area contributed by atoms with Gasteiger partial charge in [0, 0.05) is 10.5 Å². The minimum absolute atomic E-state index is 0.0436. The monoisotopic (exact) mass is 403 g/mol. The fourth-order valence-electron chi connectivity index (χ4n) is 2.50. The molecule has 0 radical (unpaired) electrons. The van der Waals surface area contributed by atoms with Crippen LogP contribution >= 0.6 is 15.9 Å². The topological polar surface area (TPSA) is 66.4 Å². The Morgan fingerprint density at radius 1 is 1.17 bits per heavy atom. The van der Waals surface area contributed by atoms with Crippen molar-refractivity contribution in [1.82, 2.24) is 4.72 Å². The van der Waals surface area contributed by atoms with Crippen LogP contribution in [0.25, 0.3) is 0 Å². The van der Waals surface area contributed by atoms with Crippen LogP contribution in [0.15, 0.2) is 27.6 Å². The number of hydrogen-bond donors (Lipinski definition) is 2. The fraction of sp³-hybridized carbons (Fsp3) is 0.529. The molecule has 0 aliphatic rings. The number of aliphatic hydroxyl groups excluding tert-OH is 1. The van der Waals surface area contributed by atoms with Crippen LogP contribution in [-0.2, 0) is 10.0 Å². The van der Waals surface area contributed by atoms with E-state index in [2.05, 4.69) is 20.7 Å². The third-order valence-electron chi connectivity index (χ3n) is 3.62. The van der Waals surface area contributed by atoms with E-state index in [0.29, 0.717) is 9.38 Å². The zero-order valence-electron chi connectivity index (χ0n) is 14.5. The van der Waals surface area contributed by atoms with Gasteiger partial charge in [0.15, 0.2) is 0 Å². The number of halogens is 1. The van der Waals surface area contributed by atoms with Gasteiger partial charge in [-0.15, -0.1) is 0 Å². The maximum Gasteiger partial charge on any atom is 0.241 e. The Balaban J connectivity index is 3.26. The highest BCUT2D eigenvalue weighted by Gasteiger charge is 2.25. The molecule has 130 valence electrons. The molecule has 0 aliphatic heterocycles. The van der Waals surface area contributed by atoms with E-state index in [9.17, 15) is 13.5 Å². The van der Waals surface area contributed by atoms with Crippen LogP contribution in [0.2, 0.25) is 0 Å². The molecule has 0 spiro atoms. The fourth-order valence-corrected chi connectivity index (χ4v) is 4.57. The van der Waals surface area contributed by atoms with Crippen molar-refractivity contribution in [3.8, 4) is 0 Å².